The van der Waals surface area contributed by atoms with Gasteiger partial charge in [-0.1, -0.05) is 23.2 Å². The summed E-state index contributed by atoms with van der Waals surface area (Å²) in [5, 5.41) is 3.30. The van der Waals surface area contributed by atoms with Crippen LogP contribution in [0.5, 0.6) is 0 Å². The maximum atomic E-state index is 12.4. The Kier molecular flexibility index (Phi) is 4.12. The fraction of sp³-hybridized carbons (Fsp3) is 0.471. The first-order valence-electron chi connectivity index (χ1n) is 8.06. The Balaban J connectivity index is 1.35. The quantitative estimate of drug-likeness (QED) is 0.808. The van der Waals surface area contributed by atoms with E-state index >= 15 is 0 Å². The highest BCUT2D eigenvalue weighted by Crippen LogP contribution is 2.57. The molecule has 1 aromatic carbocycles. The second kappa shape index (κ2) is 6.18. The average Bonchev–Trinajstić information content (AvgIpc) is 3.18. The van der Waals surface area contributed by atoms with Gasteiger partial charge in [0.15, 0.2) is 6.61 Å². The van der Waals surface area contributed by atoms with E-state index in [0.717, 1.165) is 6.42 Å². The van der Waals surface area contributed by atoms with Crippen LogP contribution in [0.15, 0.2) is 18.2 Å². The molecule has 6 nitrogen and oxygen atoms in total. The van der Waals surface area contributed by atoms with Crippen molar-refractivity contribution in [3.8, 4) is 0 Å². The van der Waals surface area contributed by atoms with Crippen LogP contribution in [-0.2, 0) is 23.9 Å². The van der Waals surface area contributed by atoms with Crippen molar-refractivity contribution >= 4 is 46.7 Å². The van der Waals surface area contributed by atoms with Gasteiger partial charge in [-0.15, -0.1) is 0 Å². The molecule has 1 saturated heterocycles. The molecule has 25 heavy (non-hydrogen) atoms. The molecule has 5 atom stereocenters. The number of hydrogen-bond donors (Lipinski definition) is 1. The lowest BCUT2D eigenvalue weighted by Gasteiger charge is -2.22. The van der Waals surface area contributed by atoms with E-state index in [1.165, 1.54) is 6.07 Å². The van der Waals surface area contributed by atoms with Gasteiger partial charge < -0.3 is 14.8 Å². The summed E-state index contributed by atoms with van der Waals surface area (Å²) in [7, 11) is 0. The molecule has 0 unspecified atom stereocenters. The molecule has 0 aromatic heterocycles. The number of esters is 2. The predicted octanol–water partition coefficient (Wildman–Crippen LogP) is 2.67. The van der Waals surface area contributed by atoms with Crippen molar-refractivity contribution in [3.63, 3.8) is 0 Å². The van der Waals surface area contributed by atoms with Gasteiger partial charge in [0.1, 0.15) is 6.10 Å². The monoisotopic (exact) mass is 383 g/mol. The Bertz CT molecular complexity index is 765. The van der Waals surface area contributed by atoms with Crippen LogP contribution in [0.25, 0.3) is 0 Å². The van der Waals surface area contributed by atoms with Crippen molar-refractivity contribution in [2.24, 2.45) is 23.7 Å². The molecule has 3 fully saturated rings. The number of nitrogens with one attached hydrogen (secondary N) is 1. The van der Waals surface area contributed by atoms with E-state index in [0.29, 0.717) is 22.2 Å². The number of rotatable bonds is 4. The number of hydrogen-bond acceptors (Lipinski definition) is 5. The third-order valence-corrected chi connectivity index (χ3v) is 5.87. The predicted molar refractivity (Wildman–Crippen MR) is 89.1 cm³/mol. The normalized spacial score (nSPS) is 31.8. The van der Waals surface area contributed by atoms with Crippen LogP contribution in [0.4, 0.5) is 5.69 Å². The van der Waals surface area contributed by atoms with E-state index in [-0.39, 0.29) is 23.9 Å². The zero-order valence-corrected chi connectivity index (χ0v) is 14.5. The summed E-state index contributed by atoms with van der Waals surface area (Å²) in [6.45, 7) is -0.444. The van der Waals surface area contributed by atoms with Crippen LogP contribution in [0, 0.1) is 23.7 Å². The lowest BCUT2D eigenvalue weighted by molar-refractivity contribution is -0.157. The maximum absolute atomic E-state index is 12.4. The molecular formula is C17H15Cl2NO5. The largest absolute Gasteiger partial charge is 0.462 e. The van der Waals surface area contributed by atoms with Crippen molar-refractivity contribution < 1.29 is 23.9 Å². The Morgan fingerprint density at radius 3 is 2.88 bits per heavy atom. The van der Waals surface area contributed by atoms with Gasteiger partial charge >= 0.3 is 11.9 Å². The second-order valence-electron chi connectivity index (χ2n) is 6.70. The Morgan fingerprint density at radius 2 is 2.08 bits per heavy atom. The first-order valence-corrected chi connectivity index (χ1v) is 8.81. The highest BCUT2D eigenvalue weighted by Gasteiger charge is 2.64. The molecule has 0 spiro atoms. The van der Waals surface area contributed by atoms with Crippen LogP contribution in [0.2, 0.25) is 10.0 Å². The number of anilines is 1. The van der Waals surface area contributed by atoms with E-state index in [1.807, 2.05) is 0 Å². The maximum Gasteiger partial charge on any atom is 0.310 e. The van der Waals surface area contributed by atoms with Gasteiger partial charge in [-0.05, 0) is 37.0 Å². The number of fused-ring (bicyclic) bond motifs is 1. The number of carbonyl (C=O) groups is 3. The van der Waals surface area contributed by atoms with E-state index in [4.69, 9.17) is 32.7 Å². The summed E-state index contributed by atoms with van der Waals surface area (Å²) in [5.41, 5.74) is 0.345. The summed E-state index contributed by atoms with van der Waals surface area (Å²) >= 11 is 11.8. The molecular weight excluding hydrogens is 369 g/mol. The zero-order valence-electron chi connectivity index (χ0n) is 13.0. The van der Waals surface area contributed by atoms with Gasteiger partial charge in [-0.3, -0.25) is 14.4 Å². The first kappa shape index (κ1) is 16.7. The Hall–Kier alpha value is -1.79. The Morgan fingerprint density at radius 1 is 1.28 bits per heavy atom. The minimum Gasteiger partial charge on any atom is -0.462 e. The van der Waals surface area contributed by atoms with Gasteiger partial charge in [-0.2, -0.15) is 0 Å². The zero-order chi connectivity index (χ0) is 17.7. The van der Waals surface area contributed by atoms with Crippen LogP contribution in [-0.4, -0.2) is 30.6 Å². The second-order valence-corrected chi connectivity index (χ2v) is 7.55. The first-order chi connectivity index (χ1) is 11.9. The van der Waals surface area contributed by atoms with Crippen molar-refractivity contribution in [1.29, 1.82) is 0 Å². The van der Waals surface area contributed by atoms with E-state index in [2.05, 4.69) is 5.32 Å². The standard InChI is InChI=1S/C17H15Cl2NO5/c18-8-1-2-10(19)11(5-8)20-13(21)6-24-16(22)14-7-3-9-12(4-7)25-17(23)15(9)14/h1-2,5,7,9,12,14-15H,3-4,6H2,(H,20,21)/t7-,9+,12+,14-,15+/m1/s1. The van der Waals surface area contributed by atoms with E-state index in [9.17, 15) is 14.4 Å². The summed E-state index contributed by atoms with van der Waals surface area (Å²) in [6.07, 6.45) is 1.47. The third kappa shape index (κ3) is 2.87. The molecule has 1 N–H and O–H groups in total. The van der Waals surface area contributed by atoms with Gasteiger partial charge in [0, 0.05) is 10.9 Å². The number of amides is 1. The lowest BCUT2D eigenvalue weighted by atomic mass is 9.80. The molecule has 0 radical (unpaired) electrons. The molecule has 1 heterocycles. The smallest absolute Gasteiger partial charge is 0.310 e. The average molecular weight is 384 g/mol. The molecule has 3 aliphatic rings. The molecule has 4 rings (SSSR count). The topological polar surface area (TPSA) is 81.7 Å². The Labute approximate surface area is 153 Å². The molecule has 1 aliphatic heterocycles. The molecule has 1 amide bonds. The molecule has 1 aromatic rings. The number of halogens is 2. The van der Waals surface area contributed by atoms with Crippen LogP contribution < -0.4 is 5.32 Å². The molecule has 8 heteroatoms. The lowest BCUT2D eigenvalue weighted by Crippen LogP contribution is -2.35. The van der Waals surface area contributed by atoms with Crippen LogP contribution in [0.3, 0.4) is 0 Å². The van der Waals surface area contributed by atoms with Crippen molar-refractivity contribution in [1.82, 2.24) is 0 Å². The van der Waals surface area contributed by atoms with Gasteiger partial charge in [-0.25, -0.2) is 0 Å². The molecule has 132 valence electrons. The van der Waals surface area contributed by atoms with Crippen molar-refractivity contribution in [2.45, 2.75) is 18.9 Å². The highest BCUT2D eigenvalue weighted by molar-refractivity contribution is 6.35. The summed E-state index contributed by atoms with van der Waals surface area (Å²) < 4.78 is 10.4. The van der Waals surface area contributed by atoms with Gasteiger partial charge in [0.05, 0.1) is 22.5 Å². The van der Waals surface area contributed by atoms with Gasteiger partial charge in [0.2, 0.25) is 0 Å². The summed E-state index contributed by atoms with van der Waals surface area (Å²) in [6, 6.07) is 4.67. The number of carbonyl (C=O) groups excluding carboxylic acids is 3. The third-order valence-electron chi connectivity index (χ3n) is 5.30. The SMILES string of the molecule is O=C(COC(=O)[C@@H]1[C@@H]2C[C@@H]3[C@@H]1C(=O)O[C@H]3C2)Nc1cc(Cl)ccc1Cl. The van der Waals surface area contributed by atoms with E-state index in [1.54, 1.807) is 12.1 Å². The van der Waals surface area contributed by atoms with Crippen LogP contribution in [0.1, 0.15) is 12.8 Å². The van der Waals surface area contributed by atoms with Crippen molar-refractivity contribution in [3.05, 3.63) is 28.2 Å². The summed E-state index contributed by atoms with van der Waals surface area (Å²) in [4.78, 5) is 36.3. The minimum atomic E-state index is -0.521. The molecule has 2 saturated carbocycles. The van der Waals surface area contributed by atoms with Crippen molar-refractivity contribution in [2.75, 3.05) is 11.9 Å². The molecule has 2 aliphatic carbocycles. The summed E-state index contributed by atoms with van der Waals surface area (Å²) in [5.74, 6) is -2.04. The van der Waals surface area contributed by atoms with E-state index < -0.39 is 30.3 Å². The fourth-order valence-electron chi connectivity index (χ4n) is 4.34. The number of benzene rings is 1. The number of ether oxygens (including phenoxy) is 2. The van der Waals surface area contributed by atoms with Gasteiger partial charge in [0.25, 0.3) is 5.91 Å². The highest BCUT2D eigenvalue weighted by atomic mass is 35.5. The van der Waals surface area contributed by atoms with Crippen LogP contribution >= 0.6 is 23.2 Å². The fourth-order valence-corrected chi connectivity index (χ4v) is 4.67. The minimum absolute atomic E-state index is 0.0418. The molecule has 2 bridgehead atoms.